The van der Waals surface area contributed by atoms with Gasteiger partial charge in [0.1, 0.15) is 12.4 Å². The van der Waals surface area contributed by atoms with Crippen LogP contribution in [0.5, 0.6) is 5.75 Å². The molecule has 0 atom stereocenters. The van der Waals surface area contributed by atoms with Crippen LogP contribution in [-0.2, 0) is 14.3 Å². The molecule has 0 heterocycles. The number of hydrogen-bond donors (Lipinski definition) is 0. The van der Waals surface area contributed by atoms with Gasteiger partial charge in [-0.2, -0.15) is 0 Å². The molecule has 0 unspecified atom stereocenters. The van der Waals surface area contributed by atoms with Crippen LogP contribution in [-0.4, -0.2) is 25.5 Å². The van der Waals surface area contributed by atoms with Crippen molar-refractivity contribution < 1.29 is 19.1 Å². The highest BCUT2D eigenvalue weighted by Crippen LogP contribution is 2.14. The number of benzene rings is 1. The lowest BCUT2D eigenvalue weighted by atomic mass is 10.1. The van der Waals surface area contributed by atoms with E-state index >= 15 is 0 Å². The van der Waals surface area contributed by atoms with E-state index in [9.17, 15) is 9.59 Å². The molecule has 0 aliphatic carbocycles. The number of ketones is 1. The van der Waals surface area contributed by atoms with Crippen molar-refractivity contribution in [3.8, 4) is 5.75 Å². The van der Waals surface area contributed by atoms with Gasteiger partial charge in [0.2, 0.25) is 0 Å². The summed E-state index contributed by atoms with van der Waals surface area (Å²) in [6, 6.07) is 7.26. The van der Waals surface area contributed by atoms with E-state index in [0.717, 1.165) is 11.3 Å². The van der Waals surface area contributed by atoms with Crippen molar-refractivity contribution in [2.45, 2.75) is 13.8 Å². The monoisotopic (exact) mass is 248 g/mol. The third-order valence-corrected chi connectivity index (χ3v) is 2.34. The number of rotatable bonds is 5. The molecule has 0 radical (unpaired) electrons. The molecular formula is C14H16O4. The summed E-state index contributed by atoms with van der Waals surface area (Å²) in [5, 5.41) is 0. The first-order chi connectivity index (χ1) is 8.52. The van der Waals surface area contributed by atoms with Gasteiger partial charge < -0.3 is 9.47 Å². The number of carbonyl (C=O) groups excluding carboxylic acids is 2. The smallest absolute Gasteiger partial charge is 0.302 e. The quantitative estimate of drug-likeness (QED) is 0.592. The molecule has 18 heavy (non-hydrogen) atoms. The van der Waals surface area contributed by atoms with E-state index in [1.165, 1.54) is 13.8 Å². The first kappa shape index (κ1) is 14.0. The number of hydrogen-bond acceptors (Lipinski definition) is 4. The van der Waals surface area contributed by atoms with E-state index in [0.29, 0.717) is 5.57 Å². The molecule has 1 rings (SSSR count). The van der Waals surface area contributed by atoms with Gasteiger partial charge in [-0.15, -0.1) is 0 Å². The summed E-state index contributed by atoms with van der Waals surface area (Å²) >= 11 is 0. The Morgan fingerprint density at radius 1 is 1.17 bits per heavy atom. The molecule has 0 saturated heterocycles. The van der Waals surface area contributed by atoms with Crippen LogP contribution in [0.15, 0.2) is 29.8 Å². The average Bonchev–Trinajstić information content (AvgIpc) is 2.34. The minimum Gasteiger partial charge on any atom is -0.497 e. The van der Waals surface area contributed by atoms with Crippen molar-refractivity contribution in [1.82, 2.24) is 0 Å². The first-order valence-electron chi connectivity index (χ1n) is 5.52. The second kappa shape index (κ2) is 6.59. The highest BCUT2D eigenvalue weighted by atomic mass is 16.5. The van der Waals surface area contributed by atoms with Crippen molar-refractivity contribution in [3.05, 3.63) is 35.4 Å². The Morgan fingerprint density at radius 3 is 2.22 bits per heavy atom. The molecule has 4 nitrogen and oxygen atoms in total. The second-order valence-electron chi connectivity index (χ2n) is 3.78. The summed E-state index contributed by atoms with van der Waals surface area (Å²) in [5.41, 5.74) is 1.31. The van der Waals surface area contributed by atoms with E-state index in [4.69, 9.17) is 9.47 Å². The Balaban J connectivity index is 2.86. The molecule has 1 aromatic rings. The van der Waals surface area contributed by atoms with Crippen LogP contribution in [0.3, 0.4) is 0 Å². The summed E-state index contributed by atoms with van der Waals surface area (Å²) in [7, 11) is 1.59. The minimum absolute atomic E-state index is 0.00328. The van der Waals surface area contributed by atoms with Gasteiger partial charge in [-0.25, -0.2) is 0 Å². The predicted octanol–water partition coefficient (Wildman–Crippen LogP) is 2.23. The summed E-state index contributed by atoms with van der Waals surface area (Å²) in [6.07, 6.45) is 1.70. The SMILES string of the molecule is COc1ccc(/C=C(\COC(C)=O)C(C)=O)cc1. The van der Waals surface area contributed by atoms with Crippen LogP contribution in [0.25, 0.3) is 6.08 Å². The summed E-state index contributed by atoms with van der Waals surface area (Å²) in [5.74, 6) is 0.223. The molecule has 4 heteroatoms. The Labute approximate surface area is 106 Å². The van der Waals surface area contributed by atoms with Gasteiger partial charge in [-0.3, -0.25) is 9.59 Å². The lowest BCUT2D eigenvalue weighted by molar-refractivity contribution is -0.140. The molecule has 0 aromatic heterocycles. The zero-order chi connectivity index (χ0) is 13.5. The fourth-order valence-electron chi connectivity index (χ4n) is 1.33. The van der Waals surface area contributed by atoms with Gasteiger partial charge in [0.15, 0.2) is 5.78 Å². The van der Waals surface area contributed by atoms with Gasteiger partial charge in [0.25, 0.3) is 0 Å². The molecule has 1 aromatic carbocycles. The van der Waals surface area contributed by atoms with Crippen molar-refractivity contribution >= 4 is 17.8 Å². The molecule has 0 aliphatic heterocycles. The summed E-state index contributed by atoms with van der Waals surface area (Å²) in [4.78, 5) is 22.1. The van der Waals surface area contributed by atoms with Crippen LogP contribution in [0.2, 0.25) is 0 Å². The van der Waals surface area contributed by atoms with Gasteiger partial charge in [-0.05, 0) is 30.7 Å². The molecule has 0 amide bonds. The number of carbonyl (C=O) groups is 2. The van der Waals surface area contributed by atoms with E-state index in [1.54, 1.807) is 25.3 Å². The van der Waals surface area contributed by atoms with E-state index < -0.39 is 5.97 Å². The van der Waals surface area contributed by atoms with Crippen LogP contribution in [0, 0.1) is 0 Å². The fourth-order valence-corrected chi connectivity index (χ4v) is 1.33. The lowest BCUT2D eigenvalue weighted by Gasteiger charge is -2.05. The second-order valence-corrected chi connectivity index (χ2v) is 3.78. The maximum atomic E-state index is 11.4. The van der Waals surface area contributed by atoms with Crippen molar-refractivity contribution in [3.63, 3.8) is 0 Å². The summed E-state index contributed by atoms with van der Waals surface area (Å²) in [6.45, 7) is 2.75. The lowest BCUT2D eigenvalue weighted by Crippen LogP contribution is -2.08. The largest absolute Gasteiger partial charge is 0.497 e. The maximum absolute atomic E-state index is 11.4. The Hall–Kier alpha value is -2.10. The van der Waals surface area contributed by atoms with E-state index in [-0.39, 0.29) is 12.4 Å². The van der Waals surface area contributed by atoms with Crippen LogP contribution in [0.1, 0.15) is 19.4 Å². The zero-order valence-corrected chi connectivity index (χ0v) is 10.7. The van der Waals surface area contributed by atoms with Gasteiger partial charge in [-0.1, -0.05) is 12.1 Å². The van der Waals surface area contributed by atoms with Crippen LogP contribution < -0.4 is 4.74 Å². The molecule has 0 fully saturated rings. The zero-order valence-electron chi connectivity index (χ0n) is 10.7. The van der Waals surface area contributed by atoms with Crippen LogP contribution in [0.4, 0.5) is 0 Å². The normalized spacial score (nSPS) is 10.9. The number of esters is 1. The number of methoxy groups -OCH3 is 1. The van der Waals surface area contributed by atoms with Crippen molar-refractivity contribution in [2.75, 3.05) is 13.7 Å². The fraction of sp³-hybridized carbons (Fsp3) is 0.286. The van der Waals surface area contributed by atoms with Gasteiger partial charge >= 0.3 is 5.97 Å². The average molecular weight is 248 g/mol. The minimum atomic E-state index is -0.406. The molecule has 0 aliphatic rings. The highest BCUT2D eigenvalue weighted by molar-refractivity contribution is 5.98. The predicted molar refractivity (Wildman–Crippen MR) is 68.3 cm³/mol. The molecule has 0 N–H and O–H groups in total. The number of Topliss-reactive ketones (excluding diaryl/α,β-unsaturated/α-hetero) is 1. The first-order valence-corrected chi connectivity index (χ1v) is 5.52. The highest BCUT2D eigenvalue weighted by Gasteiger charge is 2.06. The molecule has 0 spiro atoms. The molecule has 96 valence electrons. The Bertz CT molecular complexity index is 457. The Kier molecular flexibility index (Phi) is 5.11. The molecular weight excluding hydrogens is 232 g/mol. The molecule has 0 bridgehead atoms. The topological polar surface area (TPSA) is 52.6 Å². The maximum Gasteiger partial charge on any atom is 0.302 e. The van der Waals surface area contributed by atoms with Crippen molar-refractivity contribution in [2.24, 2.45) is 0 Å². The van der Waals surface area contributed by atoms with E-state index in [2.05, 4.69) is 0 Å². The van der Waals surface area contributed by atoms with Crippen molar-refractivity contribution in [1.29, 1.82) is 0 Å². The Morgan fingerprint density at radius 2 is 1.78 bits per heavy atom. The summed E-state index contributed by atoms with van der Waals surface area (Å²) < 4.78 is 9.87. The third kappa shape index (κ3) is 4.41. The third-order valence-electron chi connectivity index (χ3n) is 2.34. The van der Waals surface area contributed by atoms with Crippen LogP contribution >= 0.6 is 0 Å². The molecule has 0 saturated carbocycles. The van der Waals surface area contributed by atoms with E-state index in [1.807, 2.05) is 12.1 Å². The standard InChI is InChI=1S/C14H16O4/c1-10(15)13(9-18-11(2)16)8-12-4-6-14(17-3)7-5-12/h4-8H,9H2,1-3H3/b13-8+. The van der Waals surface area contributed by atoms with Gasteiger partial charge in [0, 0.05) is 12.5 Å². The number of ether oxygens (including phenoxy) is 2. The van der Waals surface area contributed by atoms with Gasteiger partial charge in [0.05, 0.1) is 7.11 Å².